The first-order valence-corrected chi connectivity index (χ1v) is 7.02. The Bertz CT molecular complexity index is 396. The van der Waals surface area contributed by atoms with Gasteiger partial charge in [0.05, 0.1) is 0 Å². The van der Waals surface area contributed by atoms with Crippen molar-refractivity contribution in [1.29, 1.82) is 0 Å². The average molecular weight is 263 g/mol. The van der Waals surface area contributed by atoms with E-state index in [0.29, 0.717) is 12.1 Å². The molecule has 3 nitrogen and oxygen atoms in total. The zero-order valence-electron chi connectivity index (χ0n) is 12.2. The first-order valence-electron chi connectivity index (χ1n) is 7.02. The van der Waals surface area contributed by atoms with Crippen LogP contribution in [0.25, 0.3) is 0 Å². The van der Waals surface area contributed by atoms with E-state index >= 15 is 0 Å². The van der Waals surface area contributed by atoms with Gasteiger partial charge in [-0.1, -0.05) is 40.0 Å². The molecule has 106 valence electrons. The molecule has 0 aliphatic rings. The Kier molecular flexibility index (Phi) is 5.87. The second-order valence-electron chi connectivity index (χ2n) is 5.85. The van der Waals surface area contributed by atoms with Crippen LogP contribution in [-0.4, -0.2) is 17.6 Å². The van der Waals surface area contributed by atoms with Crippen molar-refractivity contribution in [2.24, 2.45) is 5.41 Å². The summed E-state index contributed by atoms with van der Waals surface area (Å²) >= 11 is 0. The van der Waals surface area contributed by atoms with Crippen LogP contribution in [-0.2, 0) is 0 Å². The third-order valence-electron chi connectivity index (χ3n) is 3.31. The number of hydrogen-bond acceptors (Lipinski definition) is 2. The average Bonchev–Trinajstić information content (AvgIpc) is 2.37. The first kappa shape index (κ1) is 15.5. The molecule has 0 atom stereocenters. The second kappa shape index (κ2) is 7.17. The summed E-state index contributed by atoms with van der Waals surface area (Å²) in [5, 5.41) is 12.2. The van der Waals surface area contributed by atoms with Gasteiger partial charge in [0.25, 0.3) is 5.91 Å². The molecule has 0 bridgehead atoms. The highest BCUT2D eigenvalue weighted by molar-refractivity contribution is 5.94. The summed E-state index contributed by atoms with van der Waals surface area (Å²) in [5.74, 6) is 0.0972. The Balaban J connectivity index is 2.42. The Morgan fingerprint density at radius 2 is 1.84 bits per heavy atom. The normalized spacial score (nSPS) is 11.3. The van der Waals surface area contributed by atoms with Gasteiger partial charge in [-0.05, 0) is 36.1 Å². The maximum absolute atomic E-state index is 11.9. The smallest absolute Gasteiger partial charge is 0.251 e. The molecule has 0 aromatic heterocycles. The maximum Gasteiger partial charge on any atom is 0.251 e. The summed E-state index contributed by atoms with van der Waals surface area (Å²) in [6.07, 6.45) is 4.79. The van der Waals surface area contributed by atoms with E-state index in [2.05, 4.69) is 26.1 Å². The highest BCUT2D eigenvalue weighted by atomic mass is 16.3. The van der Waals surface area contributed by atoms with E-state index in [-0.39, 0.29) is 17.1 Å². The Hall–Kier alpha value is -1.51. The SMILES string of the molecule is CCCCCC(C)(C)CNC(=O)c1ccc(O)cc1. The first-order chi connectivity index (χ1) is 8.94. The topological polar surface area (TPSA) is 49.3 Å². The van der Waals surface area contributed by atoms with Crippen molar-refractivity contribution >= 4 is 5.91 Å². The molecule has 0 spiro atoms. The number of unbranched alkanes of at least 4 members (excludes halogenated alkanes) is 2. The van der Waals surface area contributed by atoms with Crippen molar-refractivity contribution < 1.29 is 9.90 Å². The Morgan fingerprint density at radius 1 is 1.21 bits per heavy atom. The minimum atomic E-state index is -0.0800. The molecule has 0 heterocycles. The van der Waals surface area contributed by atoms with E-state index in [4.69, 9.17) is 0 Å². The van der Waals surface area contributed by atoms with Crippen molar-refractivity contribution in [1.82, 2.24) is 5.32 Å². The molecule has 0 saturated heterocycles. The summed E-state index contributed by atoms with van der Waals surface area (Å²) in [4.78, 5) is 11.9. The van der Waals surface area contributed by atoms with Crippen LogP contribution in [0, 0.1) is 5.41 Å². The number of carbonyl (C=O) groups excluding carboxylic acids is 1. The molecule has 1 aromatic carbocycles. The molecule has 1 rings (SSSR count). The number of phenolic OH excluding ortho intramolecular Hbond substituents is 1. The molecular weight excluding hydrogens is 238 g/mol. The molecule has 0 radical (unpaired) electrons. The molecule has 19 heavy (non-hydrogen) atoms. The quantitative estimate of drug-likeness (QED) is 0.736. The molecule has 0 saturated carbocycles. The fraction of sp³-hybridized carbons (Fsp3) is 0.562. The van der Waals surface area contributed by atoms with Gasteiger partial charge in [0.15, 0.2) is 0 Å². The third-order valence-corrected chi connectivity index (χ3v) is 3.31. The van der Waals surface area contributed by atoms with Crippen molar-refractivity contribution in [3.63, 3.8) is 0 Å². The van der Waals surface area contributed by atoms with E-state index < -0.39 is 0 Å². The number of phenols is 1. The highest BCUT2D eigenvalue weighted by Crippen LogP contribution is 2.22. The van der Waals surface area contributed by atoms with Crippen molar-refractivity contribution in [3.05, 3.63) is 29.8 Å². The third kappa shape index (κ3) is 5.77. The Labute approximate surface area is 116 Å². The second-order valence-corrected chi connectivity index (χ2v) is 5.85. The van der Waals surface area contributed by atoms with Crippen LogP contribution in [0.5, 0.6) is 5.75 Å². The van der Waals surface area contributed by atoms with Gasteiger partial charge in [0, 0.05) is 12.1 Å². The molecule has 1 amide bonds. The van der Waals surface area contributed by atoms with Gasteiger partial charge < -0.3 is 10.4 Å². The predicted molar refractivity (Wildman–Crippen MR) is 78.4 cm³/mol. The van der Waals surface area contributed by atoms with Crippen LogP contribution in [0.2, 0.25) is 0 Å². The summed E-state index contributed by atoms with van der Waals surface area (Å²) in [6.45, 7) is 7.23. The molecule has 3 heteroatoms. The van der Waals surface area contributed by atoms with Crippen LogP contribution in [0.4, 0.5) is 0 Å². The van der Waals surface area contributed by atoms with Crippen molar-refractivity contribution in [3.8, 4) is 5.75 Å². The number of benzene rings is 1. The highest BCUT2D eigenvalue weighted by Gasteiger charge is 2.18. The molecular formula is C16H25NO2. The van der Waals surface area contributed by atoms with Crippen LogP contribution in [0.1, 0.15) is 56.8 Å². The lowest BCUT2D eigenvalue weighted by molar-refractivity contribution is 0.0934. The minimum Gasteiger partial charge on any atom is -0.508 e. The van der Waals surface area contributed by atoms with Crippen LogP contribution in [0.15, 0.2) is 24.3 Å². The van der Waals surface area contributed by atoms with Gasteiger partial charge in [-0.2, -0.15) is 0 Å². The monoisotopic (exact) mass is 263 g/mol. The van der Waals surface area contributed by atoms with E-state index in [0.717, 1.165) is 6.42 Å². The van der Waals surface area contributed by atoms with Crippen LogP contribution in [0.3, 0.4) is 0 Å². The van der Waals surface area contributed by atoms with Gasteiger partial charge in [0.2, 0.25) is 0 Å². The van der Waals surface area contributed by atoms with Gasteiger partial charge in [0.1, 0.15) is 5.75 Å². The fourth-order valence-electron chi connectivity index (χ4n) is 1.98. The molecule has 1 aromatic rings. The summed E-state index contributed by atoms with van der Waals surface area (Å²) < 4.78 is 0. The zero-order chi connectivity index (χ0) is 14.3. The largest absolute Gasteiger partial charge is 0.508 e. The molecule has 0 fully saturated rings. The van der Waals surface area contributed by atoms with Crippen LogP contribution >= 0.6 is 0 Å². The molecule has 0 aliphatic heterocycles. The molecule has 0 unspecified atom stereocenters. The lowest BCUT2D eigenvalue weighted by Gasteiger charge is -2.25. The van der Waals surface area contributed by atoms with Crippen LogP contribution < -0.4 is 5.32 Å². The molecule has 2 N–H and O–H groups in total. The van der Waals surface area contributed by atoms with E-state index in [1.165, 1.54) is 31.4 Å². The molecule has 0 aliphatic carbocycles. The standard InChI is InChI=1S/C16H25NO2/c1-4-5-6-11-16(2,3)12-17-15(19)13-7-9-14(18)10-8-13/h7-10,18H,4-6,11-12H2,1-3H3,(H,17,19). The zero-order valence-corrected chi connectivity index (χ0v) is 12.2. The predicted octanol–water partition coefficient (Wildman–Crippen LogP) is 3.73. The summed E-state index contributed by atoms with van der Waals surface area (Å²) in [5.41, 5.74) is 0.712. The number of amides is 1. The number of rotatable bonds is 7. The summed E-state index contributed by atoms with van der Waals surface area (Å²) in [7, 11) is 0. The van der Waals surface area contributed by atoms with E-state index in [1.54, 1.807) is 12.1 Å². The lowest BCUT2D eigenvalue weighted by Crippen LogP contribution is -2.33. The fourth-order valence-corrected chi connectivity index (χ4v) is 1.98. The van der Waals surface area contributed by atoms with Gasteiger partial charge >= 0.3 is 0 Å². The van der Waals surface area contributed by atoms with Gasteiger partial charge in [-0.3, -0.25) is 4.79 Å². The number of carbonyl (C=O) groups is 1. The minimum absolute atomic E-state index is 0.0800. The maximum atomic E-state index is 11.9. The van der Waals surface area contributed by atoms with E-state index in [9.17, 15) is 9.90 Å². The number of aromatic hydroxyl groups is 1. The van der Waals surface area contributed by atoms with Gasteiger partial charge in [-0.25, -0.2) is 0 Å². The van der Waals surface area contributed by atoms with Crippen molar-refractivity contribution in [2.75, 3.05) is 6.54 Å². The van der Waals surface area contributed by atoms with Gasteiger partial charge in [-0.15, -0.1) is 0 Å². The number of nitrogens with one attached hydrogen (secondary N) is 1. The number of hydrogen-bond donors (Lipinski definition) is 2. The summed E-state index contributed by atoms with van der Waals surface area (Å²) in [6, 6.07) is 6.33. The van der Waals surface area contributed by atoms with Crippen molar-refractivity contribution in [2.45, 2.75) is 46.5 Å². The lowest BCUT2D eigenvalue weighted by atomic mass is 9.87. The van der Waals surface area contributed by atoms with E-state index in [1.807, 2.05) is 0 Å². The Morgan fingerprint density at radius 3 is 2.42 bits per heavy atom.